The number of hydrogen-bond donors (Lipinski definition) is 2. The fourth-order valence-electron chi connectivity index (χ4n) is 2.81. The van der Waals surface area contributed by atoms with E-state index in [2.05, 4.69) is 10.3 Å². The minimum absolute atomic E-state index is 0.796. The second kappa shape index (κ2) is 4.84. The number of hydrogen-bond acceptors (Lipinski definition) is 3. The SMILES string of the molecule is Nc1ccc(NCC2CCCC2)c2ncccc12. The lowest BCUT2D eigenvalue weighted by Gasteiger charge is -2.14. The van der Waals surface area contributed by atoms with E-state index in [1.807, 2.05) is 30.5 Å². The Morgan fingerprint density at radius 3 is 2.89 bits per heavy atom. The fourth-order valence-corrected chi connectivity index (χ4v) is 2.81. The van der Waals surface area contributed by atoms with Crippen LogP contribution >= 0.6 is 0 Å². The summed E-state index contributed by atoms with van der Waals surface area (Å²) in [6.45, 7) is 1.05. The molecule has 1 aromatic heterocycles. The van der Waals surface area contributed by atoms with E-state index in [9.17, 15) is 0 Å². The first-order chi connectivity index (χ1) is 8.84. The van der Waals surface area contributed by atoms with Gasteiger partial charge in [0.25, 0.3) is 0 Å². The third-order valence-electron chi connectivity index (χ3n) is 3.86. The van der Waals surface area contributed by atoms with Crippen LogP contribution in [0.25, 0.3) is 10.9 Å². The average Bonchev–Trinajstić information content (AvgIpc) is 2.92. The molecule has 3 heteroatoms. The second-order valence-corrected chi connectivity index (χ2v) is 5.13. The summed E-state index contributed by atoms with van der Waals surface area (Å²) in [7, 11) is 0. The maximum absolute atomic E-state index is 5.98. The maximum Gasteiger partial charge on any atom is 0.0953 e. The third kappa shape index (κ3) is 2.13. The minimum atomic E-state index is 0.796. The topological polar surface area (TPSA) is 50.9 Å². The molecule has 2 aromatic rings. The molecule has 0 radical (unpaired) electrons. The Balaban J connectivity index is 1.85. The first kappa shape index (κ1) is 11.3. The summed E-state index contributed by atoms with van der Waals surface area (Å²) in [5, 5.41) is 4.57. The first-order valence-electron chi connectivity index (χ1n) is 6.71. The third-order valence-corrected chi connectivity index (χ3v) is 3.86. The van der Waals surface area contributed by atoms with Crippen molar-refractivity contribution >= 4 is 22.3 Å². The molecule has 3 rings (SSSR count). The standard InChI is InChI=1S/C15H19N3/c16-13-7-8-14(15-12(13)6-3-9-17-15)18-10-11-4-1-2-5-11/h3,6-9,11,18H,1-2,4-5,10,16H2. The van der Waals surface area contributed by atoms with E-state index in [1.165, 1.54) is 25.7 Å². The average molecular weight is 241 g/mol. The van der Waals surface area contributed by atoms with Crippen molar-refractivity contribution in [3.63, 3.8) is 0 Å². The lowest BCUT2D eigenvalue weighted by molar-refractivity contribution is 0.580. The fraction of sp³-hybridized carbons (Fsp3) is 0.400. The molecule has 1 saturated carbocycles. The molecule has 1 fully saturated rings. The van der Waals surface area contributed by atoms with Crippen molar-refractivity contribution in [2.45, 2.75) is 25.7 Å². The molecule has 0 aliphatic heterocycles. The number of nitrogen functional groups attached to an aromatic ring is 1. The molecule has 0 unspecified atom stereocenters. The highest BCUT2D eigenvalue weighted by Crippen LogP contribution is 2.28. The van der Waals surface area contributed by atoms with Gasteiger partial charge in [0.1, 0.15) is 0 Å². The van der Waals surface area contributed by atoms with Crippen LogP contribution in [0.1, 0.15) is 25.7 Å². The molecule has 0 saturated heterocycles. The summed E-state index contributed by atoms with van der Waals surface area (Å²) in [5.41, 5.74) is 8.86. The maximum atomic E-state index is 5.98. The van der Waals surface area contributed by atoms with E-state index in [0.717, 1.165) is 34.7 Å². The number of nitrogens with zero attached hydrogens (tertiary/aromatic N) is 1. The summed E-state index contributed by atoms with van der Waals surface area (Å²) in [6.07, 6.45) is 7.29. The highest BCUT2D eigenvalue weighted by molar-refractivity contribution is 5.98. The van der Waals surface area contributed by atoms with Crippen molar-refractivity contribution in [2.24, 2.45) is 5.92 Å². The van der Waals surface area contributed by atoms with E-state index in [1.54, 1.807) is 0 Å². The quantitative estimate of drug-likeness (QED) is 0.809. The number of anilines is 2. The summed E-state index contributed by atoms with van der Waals surface area (Å²) >= 11 is 0. The molecule has 3 N–H and O–H groups in total. The number of rotatable bonds is 3. The van der Waals surface area contributed by atoms with Crippen molar-refractivity contribution in [1.29, 1.82) is 0 Å². The first-order valence-corrected chi connectivity index (χ1v) is 6.71. The molecular formula is C15H19N3. The summed E-state index contributed by atoms with van der Waals surface area (Å²) in [6, 6.07) is 7.96. The molecule has 1 aliphatic carbocycles. The zero-order chi connectivity index (χ0) is 12.4. The van der Waals surface area contributed by atoms with E-state index < -0.39 is 0 Å². The Bertz CT molecular complexity index is 544. The van der Waals surface area contributed by atoms with Gasteiger partial charge in [-0.15, -0.1) is 0 Å². The van der Waals surface area contributed by atoms with Crippen LogP contribution in [0.2, 0.25) is 0 Å². The van der Waals surface area contributed by atoms with Gasteiger partial charge in [-0.2, -0.15) is 0 Å². The van der Waals surface area contributed by atoms with Crippen LogP contribution in [0, 0.1) is 5.92 Å². The molecule has 1 aromatic carbocycles. The number of nitrogens with one attached hydrogen (secondary N) is 1. The number of pyridine rings is 1. The Morgan fingerprint density at radius 1 is 1.22 bits per heavy atom. The van der Waals surface area contributed by atoms with Gasteiger partial charge >= 0.3 is 0 Å². The molecule has 1 heterocycles. The largest absolute Gasteiger partial charge is 0.398 e. The molecule has 0 amide bonds. The van der Waals surface area contributed by atoms with Crippen molar-refractivity contribution in [3.05, 3.63) is 30.5 Å². The van der Waals surface area contributed by atoms with Crippen LogP contribution in [0.4, 0.5) is 11.4 Å². The zero-order valence-electron chi connectivity index (χ0n) is 10.5. The van der Waals surface area contributed by atoms with Gasteiger partial charge in [0, 0.05) is 23.8 Å². The van der Waals surface area contributed by atoms with Gasteiger partial charge in [-0.25, -0.2) is 0 Å². The lowest BCUT2D eigenvalue weighted by Crippen LogP contribution is -2.11. The molecule has 0 spiro atoms. The zero-order valence-corrected chi connectivity index (χ0v) is 10.5. The summed E-state index contributed by atoms with van der Waals surface area (Å²) in [5.74, 6) is 0.821. The van der Waals surface area contributed by atoms with Crippen LogP contribution in [0.15, 0.2) is 30.5 Å². The second-order valence-electron chi connectivity index (χ2n) is 5.13. The smallest absolute Gasteiger partial charge is 0.0953 e. The van der Waals surface area contributed by atoms with Gasteiger partial charge < -0.3 is 11.1 Å². The molecular weight excluding hydrogens is 222 g/mol. The van der Waals surface area contributed by atoms with E-state index in [4.69, 9.17) is 5.73 Å². The van der Waals surface area contributed by atoms with Gasteiger partial charge in [-0.05, 0) is 43.0 Å². The summed E-state index contributed by atoms with van der Waals surface area (Å²) < 4.78 is 0. The van der Waals surface area contributed by atoms with Gasteiger partial charge in [0.15, 0.2) is 0 Å². The minimum Gasteiger partial charge on any atom is -0.398 e. The van der Waals surface area contributed by atoms with Crippen LogP contribution in [0.5, 0.6) is 0 Å². The number of aromatic nitrogens is 1. The molecule has 18 heavy (non-hydrogen) atoms. The van der Waals surface area contributed by atoms with Crippen LogP contribution in [-0.2, 0) is 0 Å². The predicted molar refractivity (Wildman–Crippen MR) is 76.6 cm³/mol. The van der Waals surface area contributed by atoms with Gasteiger partial charge in [-0.3, -0.25) is 4.98 Å². The highest BCUT2D eigenvalue weighted by atomic mass is 14.9. The van der Waals surface area contributed by atoms with E-state index in [0.29, 0.717) is 0 Å². The Kier molecular flexibility index (Phi) is 3.05. The van der Waals surface area contributed by atoms with E-state index in [-0.39, 0.29) is 0 Å². The van der Waals surface area contributed by atoms with Gasteiger partial charge in [-0.1, -0.05) is 12.8 Å². The Labute approximate surface area is 107 Å². The van der Waals surface area contributed by atoms with Crippen LogP contribution < -0.4 is 11.1 Å². The molecule has 94 valence electrons. The monoisotopic (exact) mass is 241 g/mol. The van der Waals surface area contributed by atoms with Crippen molar-refractivity contribution < 1.29 is 0 Å². The van der Waals surface area contributed by atoms with Gasteiger partial charge in [0.05, 0.1) is 11.2 Å². The van der Waals surface area contributed by atoms with Crippen molar-refractivity contribution in [3.8, 4) is 0 Å². The predicted octanol–water partition coefficient (Wildman–Crippen LogP) is 3.42. The molecule has 0 atom stereocenters. The lowest BCUT2D eigenvalue weighted by atomic mass is 10.1. The number of benzene rings is 1. The molecule has 0 bridgehead atoms. The van der Waals surface area contributed by atoms with Crippen molar-refractivity contribution in [1.82, 2.24) is 4.98 Å². The number of fused-ring (bicyclic) bond motifs is 1. The Hall–Kier alpha value is -1.77. The molecule has 1 aliphatic rings. The van der Waals surface area contributed by atoms with Crippen molar-refractivity contribution in [2.75, 3.05) is 17.6 Å². The highest BCUT2D eigenvalue weighted by Gasteiger charge is 2.15. The molecule has 3 nitrogen and oxygen atoms in total. The van der Waals surface area contributed by atoms with Crippen LogP contribution in [-0.4, -0.2) is 11.5 Å². The normalized spacial score (nSPS) is 16.2. The van der Waals surface area contributed by atoms with E-state index >= 15 is 0 Å². The number of nitrogens with two attached hydrogens (primary N) is 1. The Morgan fingerprint density at radius 2 is 2.06 bits per heavy atom. The van der Waals surface area contributed by atoms with Gasteiger partial charge in [0.2, 0.25) is 0 Å². The van der Waals surface area contributed by atoms with Crippen LogP contribution in [0.3, 0.4) is 0 Å². The summed E-state index contributed by atoms with van der Waals surface area (Å²) in [4.78, 5) is 4.44.